The first-order chi connectivity index (χ1) is 24.9. The summed E-state index contributed by atoms with van der Waals surface area (Å²) in [7, 11) is 15.1. The van der Waals surface area contributed by atoms with E-state index in [4.69, 9.17) is 71.1 Å². The van der Waals surface area contributed by atoms with E-state index in [1.54, 1.807) is 64.0 Å². The molecule has 51 heavy (non-hydrogen) atoms. The molecule has 0 amide bonds. The van der Waals surface area contributed by atoms with Crippen molar-refractivity contribution in [3.63, 3.8) is 0 Å². The van der Waals surface area contributed by atoms with Crippen LogP contribution in [0.4, 0.5) is 0 Å². The van der Waals surface area contributed by atoms with Crippen molar-refractivity contribution in [3.8, 4) is 0 Å². The third-order valence-electron chi connectivity index (χ3n) is 6.93. The van der Waals surface area contributed by atoms with Crippen molar-refractivity contribution >= 4 is 0 Å². The van der Waals surface area contributed by atoms with Gasteiger partial charge in [-0.15, -0.1) is 0 Å². The van der Waals surface area contributed by atoms with Gasteiger partial charge in [-0.05, 0) is 12.8 Å². The molecule has 312 valence electrons. The summed E-state index contributed by atoms with van der Waals surface area (Å²) in [6, 6.07) is 0. The smallest absolute Gasteiger partial charge is 0.0700 e. The molecule has 0 aromatic carbocycles. The molecule has 0 unspecified atom stereocenters. The zero-order valence-electron chi connectivity index (χ0n) is 34.1. The van der Waals surface area contributed by atoms with Crippen molar-refractivity contribution in [1.82, 2.24) is 0 Å². The summed E-state index contributed by atoms with van der Waals surface area (Å²) in [5.41, 5.74) is -0.379. The van der Waals surface area contributed by atoms with Crippen LogP contribution >= 0.6 is 0 Å². The fourth-order valence-corrected chi connectivity index (χ4v) is 4.52. The molecule has 15 nitrogen and oxygen atoms in total. The van der Waals surface area contributed by atoms with Crippen LogP contribution in [0.2, 0.25) is 0 Å². The van der Waals surface area contributed by atoms with E-state index >= 15 is 0 Å². The van der Waals surface area contributed by atoms with Gasteiger partial charge in [-0.1, -0.05) is 13.3 Å². The summed E-state index contributed by atoms with van der Waals surface area (Å²) in [6.07, 6.45) is 3.12. The van der Waals surface area contributed by atoms with E-state index in [1.165, 1.54) is 0 Å². The lowest BCUT2D eigenvalue weighted by atomic mass is 9.86. The Morgan fingerprint density at radius 2 is 0.549 bits per heavy atom. The second-order valence-electron chi connectivity index (χ2n) is 11.8. The molecule has 0 aromatic rings. The minimum absolute atomic E-state index is 0.0347. The van der Waals surface area contributed by atoms with Crippen LogP contribution in [0.25, 0.3) is 0 Å². The molecule has 0 aromatic heterocycles. The van der Waals surface area contributed by atoms with Gasteiger partial charge in [-0.3, -0.25) is 0 Å². The lowest BCUT2D eigenvalue weighted by molar-refractivity contribution is -0.118. The van der Waals surface area contributed by atoms with Crippen LogP contribution in [-0.2, 0) is 71.1 Å². The fourth-order valence-electron chi connectivity index (χ4n) is 4.52. The third kappa shape index (κ3) is 38.9. The molecule has 0 aliphatic heterocycles. The van der Waals surface area contributed by atoms with E-state index in [0.29, 0.717) is 126 Å². The second kappa shape index (κ2) is 45.6. The molecule has 0 fully saturated rings. The number of rotatable bonds is 38. The molecular formula is C36H78O15. The van der Waals surface area contributed by atoms with Crippen LogP contribution in [0.5, 0.6) is 0 Å². The lowest BCUT2D eigenvalue weighted by Crippen LogP contribution is -2.42. The van der Waals surface area contributed by atoms with Crippen LogP contribution in [0, 0.1) is 10.8 Å². The summed E-state index contributed by atoms with van der Waals surface area (Å²) in [6.45, 7) is 14.3. The Balaban J connectivity index is -0.000000746. The van der Waals surface area contributed by atoms with Crippen molar-refractivity contribution in [3.05, 3.63) is 0 Å². The van der Waals surface area contributed by atoms with Gasteiger partial charge >= 0.3 is 0 Å². The van der Waals surface area contributed by atoms with Gasteiger partial charge in [0, 0.05) is 82.6 Å². The quantitative estimate of drug-likeness (QED) is 0.0855. The SMILES string of the molecule is CCCC(COC)(COC)COC.COCCOCC(COCCOC)(COCCOC)COCCOC.COCCOCCCOCCOC. The van der Waals surface area contributed by atoms with Gasteiger partial charge in [0.2, 0.25) is 0 Å². The summed E-state index contributed by atoms with van der Waals surface area (Å²) >= 11 is 0. The second-order valence-corrected chi connectivity index (χ2v) is 11.8. The zero-order valence-corrected chi connectivity index (χ0v) is 34.1. The third-order valence-corrected chi connectivity index (χ3v) is 6.93. The number of ether oxygens (including phenoxy) is 15. The van der Waals surface area contributed by atoms with Gasteiger partial charge < -0.3 is 71.1 Å². The number of hydrogen-bond acceptors (Lipinski definition) is 15. The monoisotopic (exact) mass is 751 g/mol. The molecule has 0 spiro atoms. The number of hydrogen-bond donors (Lipinski definition) is 0. The molecule has 0 heterocycles. The van der Waals surface area contributed by atoms with Crippen molar-refractivity contribution in [2.24, 2.45) is 10.8 Å². The minimum Gasteiger partial charge on any atom is -0.384 e. The predicted molar refractivity (Wildman–Crippen MR) is 196 cm³/mol. The molecule has 0 saturated carbocycles. The van der Waals surface area contributed by atoms with Gasteiger partial charge in [-0.25, -0.2) is 0 Å². The Morgan fingerprint density at radius 1 is 0.275 bits per heavy atom. The molecular weight excluding hydrogens is 672 g/mol. The highest BCUT2D eigenvalue weighted by molar-refractivity contribution is 4.80. The van der Waals surface area contributed by atoms with Crippen LogP contribution < -0.4 is 0 Å². The Bertz CT molecular complexity index is 526. The van der Waals surface area contributed by atoms with Crippen molar-refractivity contribution in [2.45, 2.75) is 26.2 Å². The minimum atomic E-state index is -0.414. The first kappa shape index (κ1) is 54.7. The summed E-state index contributed by atoms with van der Waals surface area (Å²) < 4.78 is 78.9. The molecule has 0 atom stereocenters. The van der Waals surface area contributed by atoms with Crippen LogP contribution in [0.1, 0.15) is 26.2 Å². The summed E-state index contributed by atoms with van der Waals surface area (Å²) in [5, 5.41) is 0. The predicted octanol–water partition coefficient (Wildman–Crippen LogP) is 3.04. The highest BCUT2D eigenvalue weighted by Crippen LogP contribution is 2.25. The molecule has 0 saturated heterocycles. The average molecular weight is 751 g/mol. The molecule has 0 N–H and O–H groups in total. The normalized spacial score (nSPS) is 11.6. The van der Waals surface area contributed by atoms with E-state index in [2.05, 4.69) is 6.92 Å². The standard InChI is InChI=1S/C17H36O8.C10H22O3.C9H20O4/c1-18-5-9-22-13-17(14-23-10-6-19-2,15-24-11-7-20-3)16-25-12-8-21-4;1-5-6-10(7-11-2,8-12-3)9-13-4;1-10-6-8-12-4-3-5-13-9-7-11-2/h5-16H2,1-4H3;5-9H2,1-4H3;3-9H2,1-2H3. The molecule has 0 aliphatic carbocycles. The Labute approximate surface area is 310 Å². The molecule has 0 aliphatic rings. The zero-order chi connectivity index (χ0) is 38.6. The van der Waals surface area contributed by atoms with E-state index < -0.39 is 5.41 Å². The average Bonchev–Trinajstić information content (AvgIpc) is 3.13. The molecule has 0 rings (SSSR count). The largest absolute Gasteiger partial charge is 0.384 e. The Morgan fingerprint density at radius 3 is 0.784 bits per heavy atom. The van der Waals surface area contributed by atoms with Crippen LogP contribution in [0.3, 0.4) is 0 Å². The first-order valence-corrected chi connectivity index (χ1v) is 17.8. The van der Waals surface area contributed by atoms with Crippen molar-refractivity contribution < 1.29 is 71.1 Å². The van der Waals surface area contributed by atoms with Gasteiger partial charge in [0.25, 0.3) is 0 Å². The maximum atomic E-state index is 5.75. The van der Waals surface area contributed by atoms with Gasteiger partial charge in [-0.2, -0.15) is 0 Å². The van der Waals surface area contributed by atoms with E-state index in [9.17, 15) is 0 Å². The van der Waals surface area contributed by atoms with Crippen molar-refractivity contribution in [2.75, 3.05) is 203 Å². The lowest BCUT2D eigenvalue weighted by Gasteiger charge is -2.33. The molecule has 15 heteroatoms. The van der Waals surface area contributed by atoms with Crippen molar-refractivity contribution in [1.29, 1.82) is 0 Å². The van der Waals surface area contributed by atoms with Crippen LogP contribution in [-0.4, -0.2) is 203 Å². The summed E-state index contributed by atoms with van der Waals surface area (Å²) in [5.74, 6) is 0. The maximum Gasteiger partial charge on any atom is 0.0700 e. The van der Waals surface area contributed by atoms with Gasteiger partial charge in [0.1, 0.15) is 0 Å². The Hall–Kier alpha value is -0.600. The molecule has 0 bridgehead atoms. The van der Waals surface area contributed by atoms with E-state index in [1.807, 2.05) is 0 Å². The van der Waals surface area contributed by atoms with E-state index in [-0.39, 0.29) is 5.41 Å². The first-order valence-electron chi connectivity index (χ1n) is 17.8. The van der Waals surface area contributed by atoms with Gasteiger partial charge in [0.15, 0.2) is 0 Å². The number of methoxy groups -OCH3 is 9. The van der Waals surface area contributed by atoms with E-state index in [0.717, 1.165) is 32.5 Å². The topological polar surface area (TPSA) is 138 Å². The van der Waals surface area contributed by atoms with Gasteiger partial charge in [0.05, 0.1) is 131 Å². The molecule has 0 radical (unpaired) electrons. The summed E-state index contributed by atoms with van der Waals surface area (Å²) in [4.78, 5) is 0. The fraction of sp³-hybridized carbons (Fsp3) is 1.00. The highest BCUT2D eigenvalue weighted by atomic mass is 16.6. The van der Waals surface area contributed by atoms with Crippen LogP contribution in [0.15, 0.2) is 0 Å². The maximum absolute atomic E-state index is 5.75. The highest BCUT2D eigenvalue weighted by Gasteiger charge is 2.33. The Kier molecular flexibility index (Phi) is 48.9.